The number of nitrogens with zero attached hydrogens (tertiary/aromatic N) is 3. The van der Waals surface area contributed by atoms with Gasteiger partial charge in [-0.2, -0.15) is 5.10 Å². The van der Waals surface area contributed by atoms with E-state index in [0.717, 1.165) is 29.8 Å². The van der Waals surface area contributed by atoms with Crippen molar-refractivity contribution in [3.63, 3.8) is 0 Å². The van der Waals surface area contributed by atoms with Gasteiger partial charge in [0.25, 0.3) is 0 Å². The zero-order valence-corrected chi connectivity index (χ0v) is 10.5. The van der Waals surface area contributed by atoms with E-state index in [1.165, 1.54) is 0 Å². The third-order valence-electron chi connectivity index (χ3n) is 2.71. The molecular formula is C11H10Cl2N4. The fraction of sp³-hybridized carbons (Fsp3) is 0.273. The van der Waals surface area contributed by atoms with Gasteiger partial charge in [-0.3, -0.25) is 9.67 Å². The average molecular weight is 269 g/mol. The third-order valence-corrected chi connectivity index (χ3v) is 3.22. The van der Waals surface area contributed by atoms with Gasteiger partial charge in [0.1, 0.15) is 5.84 Å². The van der Waals surface area contributed by atoms with Gasteiger partial charge in [-0.15, -0.1) is 0 Å². The minimum absolute atomic E-state index is 0.473. The van der Waals surface area contributed by atoms with E-state index in [9.17, 15) is 0 Å². The number of halogens is 2. The number of hydrogen-bond acceptors (Lipinski definition) is 3. The Bertz CT molecular complexity index is 603. The number of benzene rings is 1. The lowest BCUT2D eigenvalue weighted by Crippen LogP contribution is -2.24. The van der Waals surface area contributed by atoms with Gasteiger partial charge in [-0.1, -0.05) is 23.2 Å². The van der Waals surface area contributed by atoms with Crippen LogP contribution in [0.1, 0.15) is 0 Å². The standard InChI is InChI=1S/C11H10Cl2N4/c12-7-1-2-9-8(5-7)11(13)16-17(9)6-10-14-3-4-15-10/h1-2,5H,3-4,6H2,(H,14,15). The summed E-state index contributed by atoms with van der Waals surface area (Å²) in [5.41, 5.74) is 0.968. The third kappa shape index (κ3) is 1.98. The van der Waals surface area contributed by atoms with Gasteiger partial charge in [0.2, 0.25) is 0 Å². The van der Waals surface area contributed by atoms with Crippen molar-refractivity contribution >= 4 is 39.9 Å². The summed E-state index contributed by atoms with van der Waals surface area (Å²) in [6, 6.07) is 5.58. The SMILES string of the molecule is Clc1ccc2c(c1)c(Cl)nn2CC1=NCCN1. The van der Waals surface area contributed by atoms with Crippen LogP contribution in [0.4, 0.5) is 0 Å². The summed E-state index contributed by atoms with van der Waals surface area (Å²) in [4.78, 5) is 4.34. The van der Waals surface area contributed by atoms with Crippen molar-refractivity contribution in [2.75, 3.05) is 13.1 Å². The van der Waals surface area contributed by atoms with E-state index >= 15 is 0 Å². The maximum atomic E-state index is 6.08. The van der Waals surface area contributed by atoms with Gasteiger partial charge < -0.3 is 5.32 Å². The van der Waals surface area contributed by atoms with E-state index in [4.69, 9.17) is 23.2 Å². The first-order chi connectivity index (χ1) is 8.24. The second-order valence-corrected chi connectivity index (χ2v) is 4.66. The summed E-state index contributed by atoms with van der Waals surface area (Å²) in [6.07, 6.45) is 0. The molecule has 1 aromatic heterocycles. The zero-order valence-electron chi connectivity index (χ0n) is 8.95. The first-order valence-corrected chi connectivity index (χ1v) is 6.08. The minimum Gasteiger partial charge on any atom is -0.370 e. The smallest absolute Gasteiger partial charge is 0.158 e. The fourth-order valence-electron chi connectivity index (χ4n) is 1.93. The van der Waals surface area contributed by atoms with Crippen molar-refractivity contribution in [2.45, 2.75) is 6.54 Å². The Morgan fingerprint density at radius 3 is 3.00 bits per heavy atom. The molecule has 0 bridgehead atoms. The Labute approximate surface area is 108 Å². The second kappa shape index (κ2) is 4.20. The van der Waals surface area contributed by atoms with Gasteiger partial charge in [-0.05, 0) is 18.2 Å². The van der Waals surface area contributed by atoms with Crippen LogP contribution in [-0.4, -0.2) is 28.7 Å². The zero-order chi connectivity index (χ0) is 11.8. The van der Waals surface area contributed by atoms with E-state index in [-0.39, 0.29) is 0 Å². The molecule has 1 aliphatic rings. The molecule has 88 valence electrons. The summed E-state index contributed by atoms with van der Waals surface area (Å²) >= 11 is 12.0. The normalized spacial score (nSPS) is 15.1. The molecule has 1 aliphatic heterocycles. The first-order valence-electron chi connectivity index (χ1n) is 5.33. The number of fused-ring (bicyclic) bond motifs is 1. The maximum absolute atomic E-state index is 6.08. The molecule has 0 amide bonds. The molecule has 0 fully saturated rings. The molecule has 1 N–H and O–H groups in total. The molecule has 1 aromatic carbocycles. The van der Waals surface area contributed by atoms with Gasteiger partial charge in [0.15, 0.2) is 5.15 Å². The molecule has 6 heteroatoms. The molecule has 0 saturated heterocycles. The lowest BCUT2D eigenvalue weighted by atomic mass is 10.2. The highest BCUT2D eigenvalue weighted by molar-refractivity contribution is 6.36. The van der Waals surface area contributed by atoms with Crippen LogP contribution in [0.2, 0.25) is 10.2 Å². The Kier molecular flexibility index (Phi) is 2.68. The number of aromatic nitrogens is 2. The molecule has 0 atom stereocenters. The molecule has 2 aromatic rings. The quantitative estimate of drug-likeness (QED) is 0.909. The molecule has 0 saturated carbocycles. The van der Waals surface area contributed by atoms with Crippen LogP contribution >= 0.6 is 23.2 Å². The maximum Gasteiger partial charge on any atom is 0.158 e. The number of nitrogens with one attached hydrogen (secondary N) is 1. The number of hydrogen-bond donors (Lipinski definition) is 1. The van der Waals surface area contributed by atoms with E-state index in [2.05, 4.69) is 15.4 Å². The summed E-state index contributed by atoms with van der Waals surface area (Å²) < 4.78 is 1.84. The predicted octanol–water partition coefficient (Wildman–Crippen LogP) is 2.34. The van der Waals surface area contributed by atoms with Crippen LogP contribution in [0, 0.1) is 0 Å². The monoisotopic (exact) mass is 268 g/mol. The largest absolute Gasteiger partial charge is 0.370 e. The highest BCUT2D eigenvalue weighted by Gasteiger charge is 2.12. The van der Waals surface area contributed by atoms with E-state index < -0.39 is 0 Å². The summed E-state index contributed by atoms with van der Waals surface area (Å²) in [6.45, 7) is 2.34. The molecule has 0 unspecified atom stereocenters. The molecule has 17 heavy (non-hydrogen) atoms. The van der Waals surface area contributed by atoms with Crippen molar-refractivity contribution in [1.29, 1.82) is 0 Å². The number of aliphatic imine (C=N–C) groups is 1. The molecule has 0 radical (unpaired) electrons. The molecule has 0 aliphatic carbocycles. The Balaban J connectivity index is 2.04. The van der Waals surface area contributed by atoms with Crippen LogP contribution in [0.3, 0.4) is 0 Å². The van der Waals surface area contributed by atoms with Crippen molar-refractivity contribution in [1.82, 2.24) is 15.1 Å². The van der Waals surface area contributed by atoms with Crippen LogP contribution < -0.4 is 5.32 Å². The predicted molar refractivity (Wildman–Crippen MR) is 70.1 cm³/mol. The Hall–Kier alpha value is -1.26. The first kappa shape index (κ1) is 10.9. The molecular weight excluding hydrogens is 259 g/mol. The van der Waals surface area contributed by atoms with Gasteiger partial charge in [0.05, 0.1) is 18.6 Å². The highest BCUT2D eigenvalue weighted by atomic mass is 35.5. The summed E-state index contributed by atoms with van der Waals surface area (Å²) in [5.74, 6) is 0.945. The fourth-order valence-corrected chi connectivity index (χ4v) is 2.34. The topological polar surface area (TPSA) is 42.2 Å². The molecule has 2 heterocycles. The van der Waals surface area contributed by atoms with Crippen LogP contribution in [0.25, 0.3) is 10.9 Å². The minimum atomic E-state index is 0.473. The van der Waals surface area contributed by atoms with E-state index in [1.807, 2.05) is 22.9 Å². The highest BCUT2D eigenvalue weighted by Crippen LogP contribution is 2.25. The summed E-state index contributed by atoms with van der Waals surface area (Å²) in [5, 5.41) is 9.52. The molecule has 4 nitrogen and oxygen atoms in total. The van der Waals surface area contributed by atoms with E-state index in [1.54, 1.807) is 0 Å². The Morgan fingerprint density at radius 2 is 2.24 bits per heavy atom. The lowest BCUT2D eigenvalue weighted by Gasteiger charge is -2.03. The van der Waals surface area contributed by atoms with Gasteiger partial charge in [0, 0.05) is 17.0 Å². The van der Waals surface area contributed by atoms with Crippen LogP contribution in [0.5, 0.6) is 0 Å². The number of amidine groups is 1. The lowest BCUT2D eigenvalue weighted by molar-refractivity contribution is 0.739. The van der Waals surface area contributed by atoms with Crippen LogP contribution in [0.15, 0.2) is 23.2 Å². The van der Waals surface area contributed by atoms with Crippen molar-refractivity contribution in [3.05, 3.63) is 28.4 Å². The molecule has 0 spiro atoms. The van der Waals surface area contributed by atoms with Gasteiger partial charge in [-0.25, -0.2) is 0 Å². The second-order valence-electron chi connectivity index (χ2n) is 3.87. The van der Waals surface area contributed by atoms with Crippen molar-refractivity contribution < 1.29 is 0 Å². The van der Waals surface area contributed by atoms with Crippen molar-refractivity contribution in [3.8, 4) is 0 Å². The van der Waals surface area contributed by atoms with Gasteiger partial charge >= 0.3 is 0 Å². The van der Waals surface area contributed by atoms with E-state index in [0.29, 0.717) is 16.7 Å². The van der Waals surface area contributed by atoms with Crippen molar-refractivity contribution in [2.24, 2.45) is 4.99 Å². The average Bonchev–Trinajstić information content (AvgIpc) is 2.89. The Morgan fingerprint density at radius 1 is 1.35 bits per heavy atom. The summed E-state index contributed by atoms with van der Waals surface area (Å²) in [7, 11) is 0. The van der Waals surface area contributed by atoms with Crippen LogP contribution in [-0.2, 0) is 6.54 Å². The molecule has 3 rings (SSSR count). The number of rotatable bonds is 2.